The van der Waals surface area contributed by atoms with Crippen molar-refractivity contribution in [1.82, 2.24) is 5.32 Å². The summed E-state index contributed by atoms with van der Waals surface area (Å²) in [6.45, 7) is 0.766. The first kappa shape index (κ1) is 14.4. The number of aliphatic hydroxyl groups is 2. The molecule has 0 bridgehead atoms. The van der Waals surface area contributed by atoms with Crippen molar-refractivity contribution in [2.45, 2.75) is 18.9 Å². The number of aromatic hydroxyl groups is 1. The second-order valence-electron chi connectivity index (χ2n) is 4.07. The number of phenols is 1. The van der Waals surface area contributed by atoms with Crippen LogP contribution < -0.4 is 5.32 Å². The number of hydrogen-bond donors (Lipinski definition) is 4. The van der Waals surface area contributed by atoms with Crippen LogP contribution in [-0.4, -0.2) is 40.0 Å². The fourth-order valence-electron chi connectivity index (χ4n) is 1.44. The fraction of sp³-hybridized carbons (Fsp3) is 0.417. The number of hydrogen-bond acceptors (Lipinski definition) is 4. The van der Waals surface area contributed by atoms with Crippen molar-refractivity contribution >= 4 is 5.91 Å². The van der Waals surface area contributed by atoms with Crippen molar-refractivity contribution in [2.24, 2.45) is 0 Å². The summed E-state index contributed by atoms with van der Waals surface area (Å²) in [5.41, 5.74) is -1.43. The van der Waals surface area contributed by atoms with Gasteiger partial charge >= 0.3 is 0 Å². The first-order valence-corrected chi connectivity index (χ1v) is 5.50. The van der Waals surface area contributed by atoms with Crippen LogP contribution in [0.2, 0.25) is 0 Å². The number of rotatable bonds is 5. The minimum absolute atomic E-state index is 0.241. The Balaban J connectivity index is 2.97. The van der Waals surface area contributed by atoms with Crippen LogP contribution >= 0.6 is 0 Å². The zero-order valence-corrected chi connectivity index (χ0v) is 9.98. The van der Waals surface area contributed by atoms with Gasteiger partial charge in [0.15, 0.2) is 0 Å². The predicted molar refractivity (Wildman–Crippen MR) is 62.7 cm³/mol. The molecular weight excluding hydrogens is 241 g/mol. The fourth-order valence-corrected chi connectivity index (χ4v) is 1.44. The first-order chi connectivity index (χ1) is 8.48. The predicted octanol–water partition coefficient (Wildman–Crippen LogP) is 0.395. The summed E-state index contributed by atoms with van der Waals surface area (Å²) in [6.07, 6.45) is 0.293. The zero-order chi connectivity index (χ0) is 13.8. The van der Waals surface area contributed by atoms with Crippen LogP contribution in [0.1, 0.15) is 23.7 Å². The van der Waals surface area contributed by atoms with Crippen LogP contribution in [0.15, 0.2) is 18.2 Å². The average Bonchev–Trinajstić information content (AvgIpc) is 2.38. The van der Waals surface area contributed by atoms with E-state index in [2.05, 4.69) is 5.32 Å². The summed E-state index contributed by atoms with van der Waals surface area (Å²) in [5.74, 6) is -1.78. The standard InChI is InChI=1S/C12H16FNO4/c1-2-12(6-15,7-16)14-11(18)9-5-8(13)3-4-10(9)17/h3-5,15-17H,2,6-7H2,1H3,(H,14,18). The van der Waals surface area contributed by atoms with Gasteiger partial charge in [-0.25, -0.2) is 4.39 Å². The molecule has 5 nitrogen and oxygen atoms in total. The topological polar surface area (TPSA) is 89.8 Å². The normalized spacial score (nSPS) is 11.3. The molecular formula is C12H16FNO4. The number of carbonyl (C=O) groups excluding carboxylic acids is 1. The van der Waals surface area contributed by atoms with Crippen LogP contribution in [0, 0.1) is 5.82 Å². The number of amides is 1. The monoisotopic (exact) mass is 257 g/mol. The molecule has 1 amide bonds. The third-order valence-electron chi connectivity index (χ3n) is 2.86. The molecule has 1 aromatic rings. The van der Waals surface area contributed by atoms with Crippen molar-refractivity contribution in [3.63, 3.8) is 0 Å². The number of carbonyl (C=O) groups is 1. The van der Waals surface area contributed by atoms with Crippen LogP contribution in [0.5, 0.6) is 5.75 Å². The number of aliphatic hydroxyl groups excluding tert-OH is 2. The quantitative estimate of drug-likeness (QED) is 0.614. The van der Waals surface area contributed by atoms with Crippen molar-refractivity contribution in [2.75, 3.05) is 13.2 Å². The van der Waals surface area contributed by atoms with Crippen molar-refractivity contribution < 1.29 is 24.5 Å². The lowest BCUT2D eigenvalue weighted by Gasteiger charge is -2.29. The maximum absolute atomic E-state index is 13.0. The third-order valence-corrected chi connectivity index (χ3v) is 2.86. The van der Waals surface area contributed by atoms with Gasteiger partial charge in [-0.1, -0.05) is 6.92 Å². The molecule has 18 heavy (non-hydrogen) atoms. The Kier molecular flexibility index (Phi) is 4.63. The summed E-state index contributed by atoms with van der Waals surface area (Å²) in [6, 6.07) is 2.98. The van der Waals surface area contributed by atoms with Gasteiger partial charge in [-0.3, -0.25) is 4.79 Å². The number of benzene rings is 1. The Hall–Kier alpha value is -1.66. The molecule has 0 aliphatic heterocycles. The highest BCUT2D eigenvalue weighted by Gasteiger charge is 2.29. The Morgan fingerprint density at radius 3 is 2.50 bits per heavy atom. The molecule has 0 aliphatic rings. The molecule has 0 spiro atoms. The van der Waals surface area contributed by atoms with Gasteiger partial charge in [0, 0.05) is 0 Å². The number of phenolic OH excluding ortho intramolecular Hbond substituents is 1. The molecule has 0 unspecified atom stereocenters. The van der Waals surface area contributed by atoms with Crippen molar-refractivity contribution in [3.05, 3.63) is 29.6 Å². The number of nitrogens with one attached hydrogen (secondary N) is 1. The van der Waals surface area contributed by atoms with Gasteiger partial charge in [-0.05, 0) is 24.6 Å². The largest absolute Gasteiger partial charge is 0.507 e. The van der Waals surface area contributed by atoms with E-state index in [0.29, 0.717) is 6.42 Å². The van der Waals surface area contributed by atoms with E-state index in [0.717, 1.165) is 18.2 Å². The van der Waals surface area contributed by atoms with E-state index in [1.807, 2.05) is 0 Å². The van der Waals surface area contributed by atoms with Gasteiger partial charge in [-0.2, -0.15) is 0 Å². The van der Waals surface area contributed by atoms with E-state index < -0.39 is 30.5 Å². The third kappa shape index (κ3) is 2.96. The first-order valence-electron chi connectivity index (χ1n) is 5.50. The SMILES string of the molecule is CCC(CO)(CO)NC(=O)c1cc(F)ccc1O. The second kappa shape index (κ2) is 5.79. The summed E-state index contributed by atoms with van der Waals surface area (Å²) >= 11 is 0. The van der Waals surface area contributed by atoms with Gasteiger partial charge in [-0.15, -0.1) is 0 Å². The van der Waals surface area contributed by atoms with Gasteiger partial charge in [0.1, 0.15) is 11.6 Å². The Morgan fingerprint density at radius 2 is 2.00 bits per heavy atom. The smallest absolute Gasteiger partial charge is 0.255 e. The second-order valence-corrected chi connectivity index (χ2v) is 4.07. The van der Waals surface area contributed by atoms with Crippen molar-refractivity contribution in [1.29, 1.82) is 0 Å². The molecule has 0 fully saturated rings. The molecule has 0 saturated carbocycles. The zero-order valence-electron chi connectivity index (χ0n) is 9.98. The maximum Gasteiger partial charge on any atom is 0.255 e. The Bertz CT molecular complexity index is 424. The summed E-state index contributed by atoms with van der Waals surface area (Å²) in [5, 5.41) is 30.2. The van der Waals surface area contributed by atoms with Crippen LogP contribution in [0.4, 0.5) is 4.39 Å². The van der Waals surface area contributed by atoms with Gasteiger partial charge < -0.3 is 20.6 Å². The molecule has 0 heterocycles. The van der Waals surface area contributed by atoms with Gasteiger partial charge in [0.25, 0.3) is 5.91 Å². The van der Waals surface area contributed by atoms with Crippen molar-refractivity contribution in [3.8, 4) is 5.75 Å². The Morgan fingerprint density at radius 1 is 1.39 bits per heavy atom. The highest BCUT2D eigenvalue weighted by Crippen LogP contribution is 2.19. The molecule has 1 aromatic carbocycles. The average molecular weight is 257 g/mol. The van der Waals surface area contributed by atoms with E-state index in [-0.39, 0.29) is 11.3 Å². The van der Waals surface area contributed by atoms with Crippen LogP contribution in [0.3, 0.4) is 0 Å². The minimum atomic E-state index is -1.18. The number of halogens is 1. The van der Waals surface area contributed by atoms with E-state index >= 15 is 0 Å². The lowest BCUT2D eigenvalue weighted by Crippen LogP contribution is -2.53. The van der Waals surface area contributed by atoms with Gasteiger partial charge in [0.2, 0.25) is 0 Å². The molecule has 0 aromatic heterocycles. The molecule has 4 N–H and O–H groups in total. The Labute approximate surface area is 104 Å². The molecule has 0 atom stereocenters. The lowest BCUT2D eigenvalue weighted by molar-refractivity contribution is 0.0650. The van der Waals surface area contributed by atoms with E-state index in [1.165, 1.54) is 0 Å². The minimum Gasteiger partial charge on any atom is -0.507 e. The van der Waals surface area contributed by atoms with Crippen LogP contribution in [-0.2, 0) is 0 Å². The van der Waals surface area contributed by atoms with Gasteiger partial charge in [0.05, 0.1) is 24.3 Å². The lowest BCUT2D eigenvalue weighted by atomic mass is 9.97. The molecule has 6 heteroatoms. The summed E-state index contributed by atoms with van der Waals surface area (Å²) < 4.78 is 13.0. The molecule has 0 saturated heterocycles. The van der Waals surface area contributed by atoms with E-state index in [4.69, 9.17) is 0 Å². The van der Waals surface area contributed by atoms with E-state index in [9.17, 15) is 24.5 Å². The summed E-state index contributed by atoms with van der Waals surface area (Å²) in [4.78, 5) is 11.9. The molecule has 0 aliphatic carbocycles. The van der Waals surface area contributed by atoms with E-state index in [1.54, 1.807) is 6.92 Å². The van der Waals surface area contributed by atoms with Crippen LogP contribution in [0.25, 0.3) is 0 Å². The summed E-state index contributed by atoms with van der Waals surface area (Å²) in [7, 11) is 0. The highest BCUT2D eigenvalue weighted by molar-refractivity contribution is 5.97. The maximum atomic E-state index is 13.0. The molecule has 1 rings (SSSR count). The highest BCUT2D eigenvalue weighted by atomic mass is 19.1. The molecule has 100 valence electrons. The molecule has 0 radical (unpaired) electrons.